The van der Waals surface area contributed by atoms with Crippen LogP contribution in [0.1, 0.15) is 20.8 Å². The van der Waals surface area contributed by atoms with E-state index in [1.165, 1.54) is 9.80 Å². The number of guanidine groups is 1. The van der Waals surface area contributed by atoms with Crippen molar-refractivity contribution in [3.05, 3.63) is 0 Å². The molecule has 0 aromatic rings. The van der Waals surface area contributed by atoms with Crippen LogP contribution in [0, 0.1) is 0 Å². The average molecular weight is 335 g/mol. The Morgan fingerprint density at radius 2 is 2.04 bits per heavy atom. The fourth-order valence-corrected chi connectivity index (χ4v) is 3.20. The van der Waals surface area contributed by atoms with Gasteiger partial charge in [-0.3, -0.25) is 14.6 Å². The van der Waals surface area contributed by atoms with Gasteiger partial charge < -0.3 is 4.74 Å². The van der Waals surface area contributed by atoms with E-state index < -0.39 is 6.04 Å². The summed E-state index contributed by atoms with van der Waals surface area (Å²) in [5.41, 5.74) is 0.890. The molecule has 0 N–H and O–H groups in total. The molecule has 3 rings (SSSR count). The number of rotatable bonds is 4. The Hall–Kier alpha value is -2.29. The molecule has 2 unspecified atom stereocenters. The lowest BCUT2D eigenvalue weighted by Crippen LogP contribution is -2.64. The highest BCUT2D eigenvalue weighted by atomic mass is 16.5. The number of hydrogen-bond donors (Lipinski definition) is 0. The van der Waals surface area contributed by atoms with Gasteiger partial charge in [0.2, 0.25) is 11.9 Å². The first kappa shape index (κ1) is 16.6. The number of methoxy groups -OCH3 is 1. The molecule has 9 heteroatoms. The Morgan fingerprint density at radius 3 is 2.67 bits per heavy atom. The molecule has 0 aliphatic carbocycles. The number of carbonyl (C=O) groups excluding carboxylic acids is 2. The number of fused-ring (bicyclic) bond motifs is 2. The summed E-state index contributed by atoms with van der Waals surface area (Å²) < 4.78 is 7.08. The number of amidine groups is 1. The van der Waals surface area contributed by atoms with Gasteiger partial charge in [0.15, 0.2) is 0 Å². The normalized spacial score (nSPS) is 26.6. The van der Waals surface area contributed by atoms with Gasteiger partial charge >= 0.3 is 12.0 Å². The number of ether oxygens (including phenoxy) is 1. The predicted octanol–water partition coefficient (Wildman–Crippen LogP) is -0.224. The van der Waals surface area contributed by atoms with E-state index in [-0.39, 0.29) is 18.0 Å². The lowest BCUT2D eigenvalue weighted by molar-refractivity contribution is -0.559. The molecule has 0 aromatic carbocycles. The van der Waals surface area contributed by atoms with Gasteiger partial charge in [-0.2, -0.15) is 0 Å². The lowest BCUT2D eigenvalue weighted by Gasteiger charge is -2.35. The van der Waals surface area contributed by atoms with Crippen LogP contribution in [0.2, 0.25) is 0 Å². The van der Waals surface area contributed by atoms with E-state index in [1.54, 1.807) is 26.1 Å². The average Bonchev–Trinajstić information content (AvgIpc) is 2.96. The van der Waals surface area contributed by atoms with E-state index in [4.69, 9.17) is 4.74 Å². The molecule has 2 atom stereocenters. The molecule has 0 spiro atoms. The van der Waals surface area contributed by atoms with Crippen molar-refractivity contribution in [3.63, 3.8) is 0 Å². The van der Waals surface area contributed by atoms with Crippen LogP contribution < -0.4 is 0 Å². The van der Waals surface area contributed by atoms with Gasteiger partial charge in [0.05, 0.1) is 12.3 Å². The Balaban J connectivity index is 2.05. The summed E-state index contributed by atoms with van der Waals surface area (Å²) in [4.78, 5) is 32.6. The van der Waals surface area contributed by atoms with E-state index in [9.17, 15) is 9.59 Å². The minimum atomic E-state index is -0.590. The summed E-state index contributed by atoms with van der Waals surface area (Å²) in [7, 11) is 3.28. The number of likely N-dealkylation sites (N-methyl/N-ethyl adjacent to an activating group) is 2. The van der Waals surface area contributed by atoms with Crippen molar-refractivity contribution >= 4 is 29.4 Å². The van der Waals surface area contributed by atoms with Crippen LogP contribution in [0.25, 0.3) is 0 Å². The van der Waals surface area contributed by atoms with Crippen LogP contribution in [-0.4, -0.2) is 94.8 Å². The molecule has 3 aliphatic rings. The van der Waals surface area contributed by atoms with Crippen LogP contribution in [0.4, 0.5) is 4.79 Å². The molecule has 0 saturated carbocycles. The van der Waals surface area contributed by atoms with Crippen LogP contribution in [0.5, 0.6) is 0 Å². The summed E-state index contributed by atoms with van der Waals surface area (Å²) in [6.45, 7) is 7.07. The number of hydrogen-bond acceptors (Lipinski definition) is 6. The van der Waals surface area contributed by atoms with Gasteiger partial charge in [0, 0.05) is 20.7 Å². The standard InChI is InChI=1S/C15H23N6O3/c1-6-19-13(22)11-12(18(4)15(19)23)16-14-20(7-8-24-5)17-9(2)10(3)21(11)14/h10-11H,6-8H2,1-5H3/q+1. The van der Waals surface area contributed by atoms with Crippen molar-refractivity contribution in [1.29, 1.82) is 0 Å². The molecular weight excluding hydrogens is 312 g/mol. The quantitative estimate of drug-likeness (QED) is 0.665. The third kappa shape index (κ3) is 2.22. The number of hydrazone groups is 1. The van der Waals surface area contributed by atoms with E-state index in [1.807, 2.05) is 18.4 Å². The van der Waals surface area contributed by atoms with Crippen molar-refractivity contribution < 1.29 is 18.9 Å². The van der Waals surface area contributed by atoms with Crippen molar-refractivity contribution in [3.8, 4) is 0 Å². The summed E-state index contributed by atoms with van der Waals surface area (Å²) in [5, 5.41) is 6.31. The number of imide groups is 1. The highest BCUT2D eigenvalue weighted by Gasteiger charge is 2.55. The summed E-state index contributed by atoms with van der Waals surface area (Å²) in [5.74, 6) is 0.822. The smallest absolute Gasteiger partial charge is 0.381 e. The molecular formula is C15H23N6O3+. The Morgan fingerprint density at radius 1 is 1.33 bits per heavy atom. The second kappa shape index (κ2) is 5.97. The van der Waals surface area contributed by atoms with E-state index >= 15 is 0 Å². The zero-order valence-corrected chi connectivity index (χ0v) is 14.7. The summed E-state index contributed by atoms with van der Waals surface area (Å²) in [6, 6.07) is -1.01. The first-order chi connectivity index (χ1) is 11.4. The van der Waals surface area contributed by atoms with E-state index in [0.29, 0.717) is 31.5 Å². The first-order valence-electron chi connectivity index (χ1n) is 8.06. The number of amides is 3. The SMILES string of the molecule is CCN1C(=O)C2C(=NC3=[N+]2C(C)C(C)=NN3CCOC)N(C)C1=O. The van der Waals surface area contributed by atoms with Crippen LogP contribution in [-0.2, 0) is 9.53 Å². The molecule has 0 aromatic heterocycles. The number of urea groups is 1. The fraction of sp³-hybridized carbons (Fsp3) is 0.667. The number of nitrogens with zero attached hydrogens (tertiary/aromatic N) is 6. The molecule has 3 aliphatic heterocycles. The molecule has 1 fully saturated rings. The van der Waals surface area contributed by atoms with Gasteiger partial charge in [-0.25, -0.2) is 9.37 Å². The summed E-state index contributed by atoms with van der Waals surface area (Å²) >= 11 is 0. The highest BCUT2D eigenvalue weighted by molar-refractivity contribution is 6.23. The van der Waals surface area contributed by atoms with Crippen molar-refractivity contribution in [2.75, 3.05) is 33.9 Å². The molecule has 0 radical (unpaired) electrons. The Bertz CT molecular complexity index is 683. The third-order valence-corrected chi connectivity index (χ3v) is 4.68. The van der Waals surface area contributed by atoms with Gasteiger partial charge in [0.1, 0.15) is 12.6 Å². The van der Waals surface area contributed by atoms with Crippen molar-refractivity contribution in [1.82, 2.24) is 14.8 Å². The van der Waals surface area contributed by atoms with E-state index in [2.05, 4.69) is 10.1 Å². The predicted molar refractivity (Wildman–Crippen MR) is 88.2 cm³/mol. The maximum absolute atomic E-state index is 12.9. The second-order valence-corrected chi connectivity index (χ2v) is 6.04. The maximum Gasteiger partial charge on any atom is 0.417 e. The minimum absolute atomic E-state index is 0.0747. The fourth-order valence-electron chi connectivity index (χ4n) is 3.20. The van der Waals surface area contributed by atoms with Gasteiger partial charge in [-0.15, -0.1) is 10.1 Å². The van der Waals surface area contributed by atoms with Gasteiger partial charge in [0.25, 0.3) is 5.91 Å². The number of carbonyl (C=O) groups is 2. The monoisotopic (exact) mass is 335 g/mol. The zero-order valence-electron chi connectivity index (χ0n) is 14.7. The minimum Gasteiger partial charge on any atom is -0.381 e. The topological polar surface area (TPSA) is 80.8 Å². The van der Waals surface area contributed by atoms with Crippen molar-refractivity contribution in [2.45, 2.75) is 32.9 Å². The molecule has 130 valence electrons. The Kier molecular flexibility index (Phi) is 4.12. The maximum atomic E-state index is 12.9. The van der Waals surface area contributed by atoms with Crippen LogP contribution >= 0.6 is 0 Å². The second-order valence-electron chi connectivity index (χ2n) is 6.04. The van der Waals surface area contributed by atoms with Gasteiger partial charge in [-0.05, 0) is 20.8 Å². The Labute approximate surface area is 140 Å². The molecule has 24 heavy (non-hydrogen) atoms. The van der Waals surface area contributed by atoms with Crippen LogP contribution in [0.3, 0.4) is 0 Å². The van der Waals surface area contributed by atoms with Crippen LogP contribution in [0.15, 0.2) is 10.1 Å². The van der Waals surface area contributed by atoms with Gasteiger partial charge in [-0.1, -0.05) is 4.99 Å². The van der Waals surface area contributed by atoms with E-state index in [0.717, 1.165) is 5.71 Å². The molecule has 3 heterocycles. The number of aliphatic imine (C=N–C) groups is 1. The first-order valence-corrected chi connectivity index (χ1v) is 8.06. The molecule has 0 bridgehead atoms. The highest BCUT2D eigenvalue weighted by Crippen LogP contribution is 2.25. The molecule has 3 amide bonds. The zero-order chi connectivity index (χ0) is 17.6. The largest absolute Gasteiger partial charge is 0.417 e. The molecule has 1 saturated heterocycles. The summed E-state index contributed by atoms with van der Waals surface area (Å²) in [6.07, 6.45) is 0. The van der Waals surface area contributed by atoms with Crippen molar-refractivity contribution in [2.24, 2.45) is 10.1 Å². The lowest BCUT2D eigenvalue weighted by atomic mass is 10.1. The third-order valence-electron chi connectivity index (χ3n) is 4.68. The molecule has 9 nitrogen and oxygen atoms in total.